The molecule has 7 heteroatoms. The van der Waals surface area contributed by atoms with Gasteiger partial charge in [-0.2, -0.15) is 4.31 Å². The first-order chi connectivity index (χ1) is 12.5. The number of hydrogen-bond donors (Lipinski definition) is 1. The predicted octanol–water partition coefficient (Wildman–Crippen LogP) is 2.35. The molecular weight excluding hydrogens is 352 g/mol. The van der Waals surface area contributed by atoms with Gasteiger partial charge in [-0.05, 0) is 36.8 Å². The van der Waals surface area contributed by atoms with Crippen molar-refractivity contribution in [1.82, 2.24) is 9.62 Å². The molecule has 3 rings (SSSR count). The molecule has 0 bridgehead atoms. The van der Waals surface area contributed by atoms with Gasteiger partial charge in [-0.1, -0.05) is 18.2 Å². The predicted molar refractivity (Wildman–Crippen MR) is 100 cm³/mol. The largest absolute Gasteiger partial charge is 0.497 e. The lowest BCUT2D eigenvalue weighted by atomic mass is 10.0. The molecule has 1 fully saturated rings. The van der Waals surface area contributed by atoms with Gasteiger partial charge in [0.2, 0.25) is 10.0 Å². The van der Waals surface area contributed by atoms with Crippen LogP contribution in [0.3, 0.4) is 0 Å². The average Bonchev–Trinajstić information content (AvgIpc) is 2.67. The monoisotopic (exact) mass is 376 g/mol. The second-order valence-electron chi connectivity index (χ2n) is 6.21. The van der Waals surface area contributed by atoms with Crippen LogP contribution < -0.4 is 14.8 Å². The summed E-state index contributed by atoms with van der Waals surface area (Å²) in [6.07, 6.45) is 0. The average molecular weight is 376 g/mol. The molecule has 1 unspecified atom stereocenters. The van der Waals surface area contributed by atoms with Crippen molar-refractivity contribution in [3.8, 4) is 11.5 Å². The van der Waals surface area contributed by atoms with E-state index in [-0.39, 0.29) is 6.04 Å². The molecule has 1 heterocycles. The molecule has 1 aliphatic rings. The van der Waals surface area contributed by atoms with Crippen molar-refractivity contribution < 1.29 is 17.9 Å². The number of methoxy groups -OCH3 is 2. The fourth-order valence-electron chi connectivity index (χ4n) is 3.34. The number of rotatable bonds is 5. The molecule has 1 atom stereocenters. The highest BCUT2D eigenvalue weighted by atomic mass is 32.2. The highest BCUT2D eigenvalue weighted by Crippen LogP contribution is 2.35. The molecule has 0 amide bonds. The van der Waals surface area contributed by atoms with Crippen LogP contribution in [0.2, 0.25) is 0 Å². The van der Waals surface area contributed by atoms with Crippen molar-refractivity contribution in [3.63, 3.8) is 0 Å². The van der Waals surface area contributed by atoms with Gasteiger partial charge in [0.15, 0.2) is 0 Å². The van der Waals surface area contributed by atoms with Crippen LogP contribution in [0, 0.1) is 6.92 Å². The molecule has 6 nitrogen and oxygen atoms in total. The molecule has 2 aromatic carbocycles. The number of nitrogens with zero attached hydrogens (tertiary/aromatic N) is 1. The minimum Gasteiger partial charge on any atom is -0.497 e. The summed E-state index contributed by atoms with van der Waals surface area (Å²) in [6.45, 7) is 3.33. The van der Waals surface area contributed by atoms with Crippen LogP contribution >= 0.6 is 0 Å². The smallest absolute Gasteiger partial charge is 0.243 e. The number of aryl methyl sites for hydroxylation is 1. The highest BCUT2D eigenvalue weighted by Gasteiger charge is 2.36. The van der Waals surface area contributed by atoms with Crippen molar-refractivity contribution in [2.45, 2.75) is 17.9 Å². The Kier molecular flexibility index (Phi) is 5.50. The van der Waals surface area contributed by atoms with E-state index in [0.29, 0.717) is 41.6 Å². The lowest BCUT2D eigenvalue weighted by Crippen LogP contribution is -2.48. The normalized spacial score (nSPS) is 18.5. The molecule has 1 saturated heterocycles. The minimum absolute atomic E-state index is 0.306. The van der Waals surface area contributed by atoms with Crippen LogP contribution in [0.15, 0.2) is 47.4 Å². The fraction of sp³-hybridized carbons (Fsp3) is 0.368. The van der Waals surface area contributed by atoms with Crippen molar-refractivity contribution >= 4 is 10.0 Å². The van der Waals surface area contributed by atoms with E-state index in [0.717, 1.165) is 5.56 Å². The Morgan fingerprint density at radius 3 is 2.58 bits per heavy atom. The van der Waals surface area contributed by atoms with Gasteiger partial charge >= 0.3 is 0 Å². The number of benzene rings is 2. The molecule has 0 radical (unpaired) electrons. The minimum atomic E-state index is -3.66. The van der Waals surface area contributed by atoms with Crippen LogP contribution in [0.25, 0.3) is 0 Å². The van der Waals surface area contributed by atoms with E-state index in [4.69, 9.17) is 9.47 Å². The maximum absolute atomic E-state index is 13.4. The van der Waals surface area contributed by atoms with E-state index in [2.05, 4.69) is 5.32 Å². The number of sulfonamides is 1. The van der Waals surface area contributed by atoms with Crippen molar-refractivity contribution in [1.29, 1.82) is 0 Å². The Bertz CT molecular complexity index is 883. The number of ether oxygens (including phenoxy) is 2. The van der Waals surface area contributed by atoms with Crippen LogP contribution in [0.4, 0.5) is 0 Å². The van der Waals surface area contributed by atoms with Gasteiger partial charge in [-0.25, -0.2) is 8.42 Å². The fourth-order valence-corrected chi connectivity index (χ4v) is 5.16. The van der Waals surface area contributed by atoms with Gasteiger partial charge in [-0.15, -0.1) is 0 Å². The second kappa shape index (κ2) is 7.65. The van der Waals surface area contributed by atoms with Gasteiger partial charge in [0, 0.05) is 25.2 Å². The van der Waals surface area contributed by atoms with Gasteiger partial charge in [-0.3, -0.25) is 0 Å². The SMILES string of the molecule is COc1ccc(S(=O)(=O)N2CCNCC2c2ccccc2OC)c(C)c1. The van der Waals surface area contributed by atoms with E-state index in [1.54, 1.807) is 43.6 Å². The number of nitrogens with one attached hydrogen (secondary N) is 1. The first-order valence-electron chi connectivity index (χ1n) is 8.49. The van der Waals surface area contributed by atoms with E-state index in [1.807, 2.05) is 24.3 Å². The van der Waals surface area contributed by atoms with Crippen LogP contribution in [0.5, 0.6) is 11.5 Å². The molecular formula is C19H24N2O4S. The summed E-state index contributed by atoms with van der Waals surface area (Å²) in [5, 5.41) is 3.29. The summed E-state index contributed by atoms with van der Waals surface area (Å²) in [6, 6.07) is 12.3. The van der Waals surface area contributed by atoms with Crippen LogP contribution in [0.1, 0.15) is 17.2 Å². The lowest BCUT2D eigenvalue weighted by molar-refractivity contribution is 0.264. The Balaban J connectivity index is 2.04. The molecule has 1 aliphatic heterocycles. The molecule has 1 N–H and O–H groups in total. The van der Waals surface area contributed by atoms with E-state index >= 15 is 0 Å². The van der Waals surface area contributed by atoms with Crippen molar-refractivity contribution in [3.05, 3.63) is 53.6 Å². The summed E-state index contributed by atoms with van der Waals surface area (Å²) in [7, 11) is -0.493. The first-order valence-corrected chi connectivity index (χ1v) is 9.93. The van der Waals surface area contributed by atoms with Gasteiger partial charge in [0.1, 0.15) is 11.5 Å². The Morgan fingerprint density at radius 1 is 1.12 bits per heavy atom. The number of para-hydroxylation sites is 1. The van der Waals surface area contributed by atoms with Gasteiger partial charge in [0.25, 0.3) is 0 Å². The number of hydrogen-bond acceptors (Lipinski definition) is 5. The zero-order valence-electron chi connectivity index (χ0n) is 15.2. The van der Waals surface area contributed by atoms with E-state index in [9.17, 15) is 8.42 Å². The molecule has 0 saturated carbocycles. The molecule has 0 aliphatic carbocycles. The standard InChI is InChI=1S/C19H24N2O4S/c1-14-12-15(24-2)8-9-19(14)26(22,23)21-11-10-20-13-17(21)16-6-4-5-7-18(16)25-3/h4-9,12,17,20H,10-11,13H2,1-3H3. The second-order valence-corrected chi connectivity index (χ2v) is 8.07. The summed E-state index contributed by atoms with van der Waals surface area (Å²) in [5.41, 5.74) is 1.53. The summed E-state index contributed by atoms with van der Waals surface area (Å²) in [5.74, 6) is 1.33. The van der Waals surface area contributed by atoms with E-state index in [1.165, 1.54) is 0 Å². The lowest BCUT2D eigenvalue weighted by Gasteiger charge is -2.36. The van der Waals surface area contributed by atoms with Crippen molar-refractivity contribution in [2.75, 3.05) is 33.9 Å². The molecule has 2 aromatic rings. The molecule has 0 spiro atoms. The maximum Gasteiger partial charge on any atom is 0.243 e. The Morgan fingerprint density at radius 2 is 1.88 bits per heavy atom. The van der Waals surface area contributed by atoms with Crippen LogP contribution in [-0.2, 0) is 10.0 Å². The highest BCUT2D eigenvalue weighted by molar-refractivity contribution is 7.89. The zero-order valence-corrected chi connectivity index (χ0v) is 16.0. The third kappa shape index (κ3) is 3.42. The third-order valence-electron chi connectivity index (χ3n) is 4.66. The quantitative estimate of drug-likeness (QED) is 0.868. The Labute approximate surface area is 154 Å². The topological polar surface area (TPSA) is 67.9 Å². The zero-order chi connectivity index (χ0) is 18.7. The summed E-state index contributed by atoms with van der Waals surface area (Å²) >= 11 is 0. The van der Waals surface area contributed by atoms with Crippen molar-refractivity contribution in [2.24, 2.45) is 0 Å². The van der Waals surface area contributed by atoms with Gasteiger partial charge < -0.3 is 14.8 Å². The molecule has 140 valence electrons. The van der Waals surface area contributed by atoms with Gasteiger partial charge in [0.05, 0.1) is 25.2 Å². The van der Waals surface area contributed by atoms with Crippen LogP contribution in [-0.4, -0.2) is 46.6 Å². The van der Waals surface area contributed by atoms with E-state index < -0.39 is 10.0 Å². The first kappa shape index (κ1) is 18.7. The molecule has 26 heavy (non-hydrogen) atoms. The maximum atomic E-state index is 13.4. The molecule has 0 aromatic heterocycles. The third-order valence-corrected chi connectivity index (χ3v) is 6.73. The summed E-state index contributed by atoms with van der Waals surface area (Å²) in [4.78, 5) is 0.306. The summed E-state index contributed by atoms with van der Waals surface area (Å²) < 4.78 is 39.0. The Hall–Kier alpha value is -2.09. The number of piperazine rings is 1.